The molecule has 0 aromatic heterocycles. The summed E-state index contributed by atoms with van der Waals surface area (Å²) >= 11 is 2.43. The van der Waals surface area contributed by atoms with Gasteiger partial charge in [-0.3, -0.25) is 10.1 Å². The van der Waals surface area contributed by atoms with Gasteiger partial charge in [0.15, 0.2) is 0 Å². The number of nitrogens with zero attached hydrogens (tertiary/aromatic N) is 3. The summed E-state index contributed by atoms with van der Waals surface area (Å²) in [5.74, 6) is 0. The topological polar surface area (TPSA) is 90.7 Å². The van der Waals surface area contributed by atoms with Crippen LogP contribution < -0.4 is 0 Å². The summed E-state index contributed by atoms with van der Waals surface area (Å²) in [6.45, 7) is 0. The van der Waals surface area contributed by atoms with Gasteiger partial charge in [0, 0.05) is 17.0 Å². The van der Waals surface area contributed by atoms with Crippen LogP contribution in [0.5, 0.6) is 0 Å². The molecule has 0 aliphatic heterocycles. The van der Waals surface area contributed by atoms with Gasteiger partial charge in [-0.2, -0.15) is 10.5 Å². The first kappa shape index (κ1) is 14.1. The van der Waals surface area contributed by atoms with Crippen LogP contribution in [0.3, 0.4) is 0 Å². The number of hydrogen-bond acceptors (Lipinski definition) is 6. The van der Waals surface area contributed by atoms with E-state index < -0.39 is 4.92 Å². The highest BCUT2D eigenvalue weighted by atomic mass is 32.2. The molecule has 0 spiro atoms. The Morgan fingerprint density at radius 2 is 2.06 bits per heavy atom. The van der Waals surface area contributed by atoms with Crippen LogP contribution in [0.1, 0.15) is 0 Å². The molecular weight excluding hydrogens is 270 g/mol. The largest absolute Gasteiger partial charge is 0.270 e. The molecule has 0 saturated carbocycles. The molecule has 0 saturated heterocycles. The number of allylic oxidation sites excluding steroid dienone is 1. The van der Waals surface area contributed by atoms with E-state index in [1.165, 1.54) is 35.7 Å². The lowest BCUT2D eigenvalue weighted by Crippen LogP contribution is -1.87. The Kier molecular flexibility index (Phi) is 5.25. The minimum Gasteiger partial charge on any atom is -0.258 e. The van der Waals surface area contributed by atoms with Crippen molar-refractivity contribution in [2.45, 2.75) is 4.90 Å². The minimum absolute atomic E-state index is 0.0130. The molecule has 0 bridgehead atoms. The summed E-state index contributed by atoms with van der Waals surface area (Å²) in [6.07, 6.45) is 1.74. The van der Waals surface area contributed by atoms with Gasteiger partial charge >= 0.3 is 0 Å². The van der Waals surface area contributed by atoms with Crippen LogP contribution in [0.4, 0.5) is 5.69 Å². The molecule has 5 nitrogen and oxygen atoms in total. The Morgan fingerprint density at radius 1 is 1.39 bits per heavy atom. The third-order valence-electron chi connectivity index (χ3n) is 1.85. The van der Waals surface area contributed by atoms with Crippen LogP contribution in [0.15, 0.2) is 39.0 Å². The standard InChI is InChI=1S/C11H7N3O2S2/c1-17-11(8(6-12)7-13)18-10-4-2-3-9(5-10)14(15)16/h2-5H,1H3. The van der Waals surface area contributed by atoms with Crippen molar-refractivity contribution in [1.82, 2.24) is 0 Å². The second-order valence-electron chi connectivity index (χ2n) is 2.95. The van der Waals surface area contributed by atoms with Crippen molar-refractivity contribution < 1.29 is 4.92 Å². The van der Waals surface area contributed by atoms with E-state index in [0.29, 0.717) is 9.13 Å². The molecule has 7 heteroatoms. The molecule has 1 aromatic rings. The molecule has 0 atom stereocenters. The van der Waals surface area contributed by atoms with Crippen LogP contribution >= 0.6 is 23.5 Å². The Morgan fingerprint density at radius 3 is 2.56 bits per heavy atom. The average molecular weight is 277 g/mol. The van der Waals surface area contributed by atoms with Gasteiger partial charge in [0.2, 0.25) is 0 Å². The molecule has 18 heavy (non-hydrogen) atoms. The summed E-state index contributed by atoms with van der Waals surface area (Å²) in [5.41, 5.74) is -0.00470. The summed E-state index contributed by atoms with van der Waals surface area (Å²) in [7, 11) is 0. The Balaban J connectivity index is 3.08. The number of nitro groups is 1. The zero-order valence-electron chi connectivity index (χ0n) is 9.28. The molecule has 0 aliphatic carbocycles. The molecule has 0 unspecified atom stereocenters. The second-order valence-corrected chi connectivity index (χ2v) is 5.11. The fourth-order valence-electron chi connectivity index (χ4n) is 1.08. The van der Waals surface area contributed by atoms with Crippen LogP contribution in [0.25, 0.3) is 0 Å². The predicted molar refractivity (Wildman–Crippen MR) is 70.7 cm³/mol. The average Bonchev–Trinajstić information content (AvgIpc) is 2.39. The van der Waals surface area contributed by atoms with Gasteiger partial charge in [-0.05, 0) is 12.3 Å². The van der Waals surface area contributed by atoms with Gasteiger partial charge < -0.3 is 0 Å². The lowest BCUT2D eigenvalue weighted by molar-refractivity contribution is -0.385. The zero-order chi connectivity index (χ0) is 13.5. The normalized spacial score (nSPS) is 9.06. The monoisotopic (exact) mass is 277 g/mol. The van der Waals surface area contributed by atoms with Gasteiger partial charge in [-0.15, -0.1) is 11.8 Å². The van der Waals surface area contributed by atoms with Gasteiger partial charge in [0.25, 0.3) is 5.69 Å². The summed E-state index contributed by atoms with van der Waals surface area (Å²) in [4.78, 5) is 10.8. The maximum Gasteiger partial charge on any atom is 0.270 e. The fraction of sp³-hybridized carbons (Fsp3) is 0.0909. The molecule has 0 aliphatic rings. The lowest BCUT2D eigenvalue weighted by Gasteiger charge is -2.03. The molecule has 0 heterocycles. The first-order valence-electron chi connectivity index (χ1n) is 4.63. The summed E-state index contributed by atoms with van der Waals surface area (Å²) in [6, 6.07) is 9.67. The molecule has 1 rings (SSSR count). The van der Waals surface area contributed by atoms with Crippen molar-refractivity contribution in [1.29, 1.82) is 10.5 Å². The predicted octanol–water partition coefficient (Wildman–Crippen LogP) is 3.31. The number of non-ortho nitro benzene ring substituents is 1. The Hall–Kier alpha value is -1.96. The van der Waals surface area contributed by atoms with E-state index >= 15 is 0 Å². The maximum atomic E-state index is 10.6. The van der Waals surface area contributed by atoms with Gasteiger partial charge in [-0.1, -0.05) is 17.8 Å². The number of benzene rings is 1. The van der Waals surface area contributed by atoms with Crippen molar-refractivity contribution in [2.75, 3.05) is 6.26 Å². The van der Waals surface area contributed by atoms with Crippen molar-refractivity contribution >= 4 is 29.2 Å². The highest BCUT2D eigenvalue weighted by Crippen LogP contribution is 2.36. The van der Waals surface area contributed by atoms with E-state index in [4.69, 9.17) is 10.5 Å². The van der Waals surface area contributed by atoms with E-state index in [9.17, 15) is 10.1 Å². The van der Waals surface area contributed by atoms with E-state index in [1.807, 2.05) is 0 Å². The molecule has 0 fully saturated rings. The molecule has 1 aromatic carbocycles. The Labute approximate surface area is 112 Å². The highest BCUT2D eigenvalue weighted by molar-refractivity contribution is 8.22. The number of nitriles is 2. The van der Waals surface area contributed by atoms with Crippen molar-refractivity contribution in [2.24, 2.45) is 0 Å². The third-order valence-corrected chi connectivity index (χ3v) is 4.06. The van der Waals surface area contributed by atoms with E-state index in [1.54, 1.807) is 30.5 Å². The fourth-order valence-corrected chi connectivity index (χ4v) is 2.73. The molecule has 0 N–H and O–H groups in total. The Bertz CT molecular complexity index is 569. The number of rotatable bonds is 4. The number of thioether (sulfide) groups is 2. The first-order chi connectivity index (χ1) is 8.62. The molecule has 90 valence electrons. The molecule has 0 radical (unpaired) electrons. The third kappa shape index (κ3) is 3.52. The second kappa shape index (κ2) is 6.70. The summed E-state index contributed by atoms with van der Waals surface area (Å²) in [5, 5.41) is 28.2. The maximum absolute atomic E-state index is 10.6. The lowest BCUT2D eigenvalue weighted by atomic mass is 10.3. The molecule has 0 amide bonds. The van der Waals surface area contributed by atoms with Crippen LogP contribution in [0, 0.1) is 32.8 Å². The zero-order valence-corrected chi connectivity index (χ0v) is 10.9. The number of hydrogen-bond donors (Lipinski definition) is 0. The van der Waals surface area contributed by atoms with Crippen LogP contribution in [-0.2, 0) is 0 Å². The molecular formula is C11H7N3O2S2. The van der Waals surface area contributed by atoms with Crippen LogP contribution in [-0.4, -0.2) is 11.2 Å². The van der Waals surface area contributed by atoms with E-state index in [2.05, 4.69) is 0 Å². The minimum atomic E-state index is -0.484. The van der Waals surface area contributed by atoms with Crippen molar-refractivity contribution in [3.63, 3.8) is 0 Å². The summed E-state index contributed by atoms with van der Waals surface area (Å²) < 4.78 is 0.528. The van der Waals surface area contributed by atoms with Crippen molar-refractivity contribution in [3.8, 4) is 12.1 Å². The van der Waals surface area contributed by atoms with Crippen molar-refractivity contribution in [3.05, 3.63) is 44.2 Å². The van der Waals surface area contributed by atoms with Gasteiger partial charge in [-0.25, -0.2) is 0 Å². The van der Waals surface area contributed by atoms with Crippen LogP contribution in [0.2, 0.25) is 0 Å². The van der Waals surface area contributed by atoms with E-state index in [-0.39, 0.29) is 11.3 Å². The SMILES string of the molecule is CSC(Sc1cccc([N+](=O)[O-])c1)=C(C#N)C#N. The highest BCUT2D eigenvalue weighted by Gasteiger charge is 2.10. The number of nitro benzene ring substituents is 1. The first-order valence-corrected chi connectivity index (χ1v) is 6.67. The smallest absolute Gasteiger partial charge is 0.258 e. The van der Waals surface area contributed by atoms with Gasteiger partial charge in [0.1, 0.15) is 17.7 Å². The van der Waals surface area contributed by atoms with E-state index in [0.717, 1.165) is 0 Å². The van der Waals surface area contributed by atoms with Gasteiger partial charge in [0.05, 0.1) is 9.16 Å². The quantitative estimate of drug-likeness (QED) is 0.363.